The largest absolute Gasteiger partial charge is 0.475 e. The highest BCUT2D eigenvalue weighted by Gasteiger charge is 2.11. The first kappa shape index (κ1) is 22.7. The van der Waals surface area contributed by atoms with Crippen molar-refractivity contribution >= 4 is 23.3 Å². The van der Waals surface area contributed by atoms with E-state index in [1.54, 1.807) is 40.5 Å². The van der Waals surface area contributed by atoms with Crippen LogP contribution in [0, 0.1) is 5.82 Å². The predicted octanol–water partition coefficient (Wildman–Crippen LogP) is 4.17. The molecule has 4 rings (SSSR count). The minimum atomic E-state index is -0.325. The van der Waals surface area contributed by atoms with Gasteiger partial charge < -0.3 is 10.1 Å². The number of carbonyl (C=O) groups excluding carboxylic acids is 1. The zero-order valence-corrected chi connectivity index (χ0v) is 19.2. The maximum Gasteiger partial charge on any atom is 0.231 e. The topological polar surface area (TPSA) is 81.4 Å². The van der Waals surface area contributed by atoms with E-state index in [4.69, 9.17) is 4.74 Å². The SMILES string of the molecule is CC(C)Sc1ccc(CC(=O)NCCOc2ccc3nnc(-c4ccc(F)cc4)n3n2)cc1. The molecule has 2 aromatic carbocycles. The van der Waals surface area contributed by atoms with Crippen LogP contribution in [0.5, 0.6) is 5.88 Å². The van der Waals surface area contributed by atoms with E-state index in [-0.39, 0.29) is 18.3 Å². The molecule has 1 N–H and O–H groups in total. The fourth-order valence-electron chi connectivity index (χ4n) is 3.18. The summed E-state index contributed by atoms with van der Waals surface area (Å²) in [6.07, 6.45) is 0.318. The van der Waals surface area contributed by atoms with Gasteiger partial charge >= 0.3 is 0 Å². The molecular formula is C24H24FN5O2S. The molecule has 0 atom stereocenters. The van der Waals surface area contributed by atoms with Crippen LogP contribution in [0.3, 0.4) is 0 Å². The first-order valence-electron chi connectivity index (χ1n) is 10.6. The summed E-state index contributed by atoms with van der Waals surface area (Å²) in [7, 11) is 0. The Morgan fingerprint density at radius 3 is 2.55 bits per heavy atom. The molecule has 170 valence electrons. The molecule has 0 radical (unpaired) electrons. The number of rotatable bonds is 9. The number of thioether (sulfide) groups is 1. The monoisotopic (exact) mass is 465 g/mol. The van der Waals surface area contributed by atoms with Gasteiger partial charge in [-0.15, -0.1) is 27.1 Å². The van der Waals surface area contributed by atoms with Gasteiger partial charge in [-0.3, -0.25) is 4.79 Å². The van der Waals surface area contributed by atoms with Gasteiger partial charge in [0.05, 0.1) is 13.0 Å². The van der Waals surface area contributed by atoms with Crippen LogP contribution < -0.4 is 10.1 Å². The molecule has 0 fully saturated rings. The van der Waals surface area contributed by atoms with Crippen molar-refractivity contribution in [3.05, 3.63) is 72.0 Å². The van der Waals surface area contributed by atoms with Crippen molar-refractivity contribution in [2.24, 2.45) is 0 Å². The molecule has 33 heavy (non-hydrogen) atoms. The molecule has 0 bridgehead atoms. The van der Waals surface area contributed by atoms with Crippen LogP contribution >= 0.6 is 11.8 Å². The van der Waals surface area contributed by atoms with Gasteiger partial charge in [-0.05, 0) is 48.0 Å². The lowest BCUT2D eigenvalue weighted by atomic mass is 10.1. The van der Waals surface area contributed by atoms with E-state index in [9.17, 15) is 9.18 Å². The third kappa shape index (κ3) is 6.07. The molecule has 1 amide bonds. The zero-order valence-electron chi connectivity index (χ0n) is 18.4. The molecule has 0 aliphatic heterocycles. The number of benzene rings is 2. The predicted molar refractivity (Wildman–Crippen MR) is 126 cm³/mol. The highest BCUT2D eigenvalue weighted by molar-refractivity contribution is 7.99. The fourth-order valence-corrected chi connectivity index (χ4v) is 4.02. The Kier molecular flexibility index (Phi) is 7.19. The number of nitrogens with zero attached hydrogens (tertiary/aromatic N) is 4. The van der Waals surface area contributed by atoms with Crippen LogP contribution in [0.25, 0.3) is 17.0 Å². The Labute approximate surface area is 195 Å². The second-order valence-corrected chi connectivity index (χ2v) is 9.31. The highest BCUT2D eigenvalue weighted by Crippen LogP contribution is 2.23. The molecule has 0 spiro atoms. The van der Waals surface area contributed by atoms with Crippen LogP contribution in [-0.2, 0) is 11.2 Å². The summed E-state index contributed by atoms with van der Waals surface area (Å²) in [4.78, 5) is 13.4. The Bertz CT molecular complexity index is 1230. The standard InChI is InChI=1S/C24H24FN5O2S/c1-16(2)33-20-9-3-17(4-10-20)15-22(31)26-13-14-32-23-12-11-21-27-28-24(30(21)29-23)18-5-7-19(25)8-6-18/h3-12,16H,13-15H2,1-2H3,(H,26,31). The number of hydrogen-bond donors (Lipinski definition) is 1. The van der Waals surface area contributed by atoms with Crippen molar-refractivity contribution in [1.29, 1.82) is 0 Å². The maximum absolute atomic E-state index is 13.2. The Hall–Kier alpha value is -3.46. The molecule has 0 saturated carbocycles. The van der Waals surface area contributed by atoms with Crippen LogP contribution in [0.2, 0.25) is 0 Å². The number of amides is 1. The normalized spacial score (nSPS) is 11.2. The molecule has 2 aromatic heterocycles. The van der Waals surface area contributed by atoms with Crippen molar-refractivity contribution in [3.8, 4) is 17.3 Å². The van der Waals surface area contributed by atoms with Crippen molar-refractivity contribution in [3.63, 3.8) is 0 Å². The van der Waals surface area contributed by atoms with Crippen molar-refractivity contribution in [2.75, 3.05) is 13.2 Å². The van der Waals surface area contributed by atoms with Gasteiger partial charge in [0.1, 0.15) is 12.4 Å². The molecule has 0 saturated heterocycles. The van der Waals surface area contributed by atoms with Crippen LogP contribution in [0.1, 0.15) is 19.4 Å². The Morgan fingerprint density at radius 2 is 1.82 bits per heavy atom. The summed E-state index contributed by atoms with van der Waals surface area (Å²) in [5, 5.41) is 16.0. The third-order valence-electron chi connectivity index (χ3n) is 4.67. The van der Waals surface area contributed by atoms with E-state index in [2.05, 4.69) is 34.5 Å². The van der Waals surface area contributed by atoms with Crippen molar-refractivity contribution in [2.45, 2.75) is 30.4 Å². The maximum atomic E-state index is 13.2. The number of carbonyl (C=O) groups is 1. The highest BCUT2D eigenvalue weighted by atomic mass is 32.2. The lowest BCUT2D eigenvalue weighted by molar-refractivity contribution is -0.120. The number of hydrogen-bond acceptors (Lipinski definition) is 6. The van der Waals surface area contributed by atoms with E-state index < -0.39 is 0 Å². The van der Waals surface area contributed by atoms with Crippen LogP contribution in [0.4, 0.5) is 4.39 Å². The number of ether oxygens (including phenoxy) is 1. The van der Waals surface area contributed by atoms with Crippen LogP contribution in [0.15, 0.2) is 65.6 Å². The van der Waals surface area contributed by atoms with Gasteiger partial charge in [-0.2, -0.15) is 4.52 Å². The van der Waals surface area contributed by atoms with E-state index in [0.29, 0.717) is 41.1 Å². The van der Waals surface area contributed by atoms with Gasteiger partial charge in [0, 0.05) is 21.8 Å². The van der Waals surface area contributed by atoms with E-state index in [1.807, 2.05) is 24.3 Å². The summed E-state index contributed by atoms with van der Waals surface area (Å²) >= 11 is 1.79. The van der Waals surface area contributed by atoms with Crippen molar-refractivity contribution < 1.29 is 13.9 Å². The average Bonchev–Trinajstić information content (AvgIpc) is 3.21. The van der Waals surface area contributed by atoms with Gasteiger partial charge in [0.15, 0.2) is 11.5 Å². The first-order valence-corrected chi connectivity index (χ1v) is 11.5. The quantitative estimate of drug-likeness (QED) is 0.295. The summed E-state index contributed by atoms with van der Waals surface area (Å²) in [5.41, 5.74) is 2.21. The Balaban J connectivity index is 1.28. The minimum Gasteiger partial charge on any atom is -0.475 e. The fraction of sp³-hybridized carbons (Fsp3) is 0.250. The molecule has 0 aliphatic rings. The van der Waals surface area contributed by atoms with E-state index in [1.165, 1.54) is 17.0 Å². The number of fused-ring (bicyclic) bond motifs is 1. The molecular weight excluding hydrogens is 441 g/mol. The smallest absolute Gasteiger partial charge is 0.231 e. The summed E-state index contributed by atoms with van der Waals surface area (Å²) in [6, 6.07) is 17.4. The van der Waals surface area contributed by atoms with Gasteiger partial charge in [-0.1, -0.05) is 26.0 Å². The molecule has 2 heterocycles. The average molecular weight is 466 g/mol. The number of aromatic nitrogens is 4. The molecule has 7 nitrogen and oxygen atoms in total. The van der Waals surface area contributed by atoms with E-state index in [0.717, 1.165) is 5.56 Å². The molecule has 9 heteroatoms. The van der Waals surface area contributed by atoms with Crippen LogP contribution in [-0.4, -0.2) is 44.1 Å². The third-order valence-corrected chi connectivity index (χ3v) is 5.69. The first-order chi connectivity index (χ1) is 16.0. The lowest BCUT2D eigenvalue weighted by Gasteiger charge is -2.09. The molecule has 0 aliphatic carbocycles. The van der Waals surface area contributed by atoms with Crippen molar-refractivity contribution in [1.82, 2.24) is 25.1 Å². The number of nitrogens with one attached hydrogen (secondary N) is 1. The summed E-state index contributed by atoms with van der Waals surface area (Å²) < 4.78 is 20.4. The summed E-state index contributed by atoms with van der Waals surface area (Å²) in [5.74, 6) is 0.470. The minimum absolute atomic E-state index is 0.0660. The van der Waals surface area contributed by atoms with E-state index >= 15 is 0 Å². The lowest BCUT2D eigenvalue weighted by Crippen LogP contribution is -2.29. The zero-order chi connectivity index (χ0) is 23.2. The Morgan fingerprint density at radius 1 is 1.06 bits per heavy atom. The molecule has 4 aromatic rings. The van der Waals surface area contributed by atoms with Gasteiger partial charge in [0.25, 0.3) is 0 Å². The van der Waals surface area contributed by atoms with Gasteiger partial charge in [-0.25, -0.2) is 4.39 Å². The number of halogens is 1. The van der Waals surface area contributed by atoms with Gasteiger partial charge in [0.2, 0.25) is 11.8 Å². The second kappa shape index (κ2) is 10.4. The second-order valence-electron chi connectivity index (χ2n) is 7.66. The summed E-state index contributed by atoms with van der Waals surface area (Å²) in [6.45, 7) is 4.92. The molecule has 0 unspecified atom stereocenters.